The Hall–Kier alpha value is -0.570. The Morgan fingerprint density at radius 3 is 2.78 bits per heavy atom. The van der Waals surface area contributed by atoms with E-state index in [1.54, 1.807) is 0 Å². The van der Waals surface area contributed by atoms with Gasteiger partial charge in [0.05, 0.1) is 5.92 Å². The minimum Gasteiger partial charge on any atom is -0.355 e. The van der Waals surface area contributed by atoms with Gasteiger partial charge in [0.15, 0.2) is 0 Å². The summed E-state index contributed by atoms with van der Waals surface area (Å²) in [4.78, 5) is 12.0. The monoisotopic (exact) mass is 254 g/mol. The second-order valence-corrected chi connectivity index (χ2v) is 6.38. The molecule has 1 fully saturated rings. The molecule has 18 heavy (non-hydrogen) atoms. The first kappa shape index (κ1) is 15.5. The standard InChI is InChI=1S/C15H30N2O/c1-4-5-6-9-15(2,3)12-17-14(18)13-8-7-10-16-11-13/h13,16H,4-12H2,1-3H3,(H,17,18). The van der Waals surface area contributed by atoms with Gasteiger partial charge in [-0.1, -0.05) is 40.0 Å². The minimum absolute atomic E-state index is 0.185. The Kier molecular flexibility index (Phi) is 6.69. The topological polar surface area (TPSA) is 41.1 Å². The summed E-state index contributed by atoms with van der Waals surface area (Å²) in [6.45, 7) is 9.45. The van der Waals surface area contributed by atoms with Crippen LogP contribution in [0, 0.1) is 11.3 Å². The van der Waals surface area contributed by atoms with Crippen molar-refractivity contribution < 1.29 is 4.79 Å². The number of unbranched alkanes of at least 4 members (excludes halogenated alkanes) is 2. The van der Waals surface area contributed by atoms with Gasteiger partial charge in [-0.05, 0) is 31.2 Å². The van der Waals surface area contributed by atoms with Crippen LogP contribution in [0.4, 0.5) is 0 Å². The summed E-state index contributed by atoms with van der Waals surface area (Å²) in [7, 11) is 0. The number of hydrogen-bond donors (Lipinski definition) is 2. The largest absolute Gasteiger partial charge is 0.355 e. The van der Waals surface area contributed by atoms with Crippen LogP contribution in [0.1, 0.15) is 59.3 Å². The van der Waals surface area contributed by atoms with E-state index in [1.807, 2.05) is 0 Å². The summed E-state index contributed by atoms with van der Waals surface area (Å²) in [5, 5.41) is 6.43. The van der Waals surface area contributed by atoms with E-state index >= 15 is 0 Å². The fourth-order valence-electron chi connectivity index (χ4n) is 2.49. The lowest BCUT2D eigenvalue weighted by molar-refractivity contribution is -0.125. The summed E-state index contributed by atoms with van der Waals surface area (Å²) < 4.78 is 0. The molecule has 1 heterocycles. The summed E-state index contributed by atoms with van der Waals surface area (Å²) in [6.07, 6.45) is 7.18. The Labute approximate surface area is 112 Å². The van der Waals surface area contributed by atoms with Gasteiger partial charge in [-0.2, -0.15) is 0 Å². The number of nitrogens with one attached hydrogen (secondary N) is 2. The molecule has 0 aliphatic carbocycles. The van der Waals surface area contributed by atoms with Crippen LogP contribution in [0.3, 0.4) is 0 Å². The first-order valence-corrected chi connectivity index (χ1v) is 7.53. The molecule has 1 aliphatic rings. The summed E-state index contributed by atoms with van der Waals surface area (Å²) >= 11 is 0. The molecule has 0 aromatic heterocycles. The highest BCUT2D eigenvalue weighted by molar-refractivity contribution is 5.79. The molecule has 1 atom stereocenters. The maximum Gasteiger partial charge on any atom is 0.224 e. The second-order valence-electron chi connectivity index (χ2n) is 6.38. The van der Waals surface area contributed by atoms with E-state index < -0.39 is 0 Å². The number of rotatable bonds is 7. The zero-order valence-corrected chi connectivity index (χ0v) is 12.3. The Balaban J connectivity index is 2.23. The molecule has 1 amide bonds. The van der Waals surface area contributed by atoms with Crippen molar-refractivity contribution in [2.24, 2.45) is 11.3 Å². The third-order valence-corrected chi connectivity index (χ3v) is 3.87. The van der Waals surface area contributed by atoms with Gasteiger partial charge in [0.25, 0.3) is 0 Å². The maximum absolute atomic E-state index is 12.0. The lowest BCUT2D eigenvalue weighted by Gasteiger charge is -2.27. The third-order valence-electron chi connectivity index (χ3n) is 3.87. The fourth-order valence-corrected chi connectivity index (χ4v) is 2.49. The Morgan fingerprint density at radius 1 is 1.39 bits per heavy atom. The quantitative estimate of drug-likeness (QED) is 0.686. The van der Waals surface area contributed by atoms with Gasteiger partial charge in [-0.3, -0.25) is 4.79 Å². The Bertz CT molecular complexity index is 245. The van der Waals surface area contributed by atoms with Crippen molar-refractivity contribution in [2.75, 3.05) is 19.6 Å². The predicted octanol–water partition coefficient (Wildman–Crippen LogP) is 2.71. The smallest absolute Gasteiger partial charge is 0.224 e. The zero-order valence-electron chi connectivity index (χ0n) is 12.3. The second kappa shape index (κ2) is 7.78. The predicted molar refractivity (Wildman–Crippen MR) is 76.5 cm³/mol. The van der Waals surface area contributed by atoms with Crippen molar-refractivity contribution in [2.45, 2.75) is 59.3 Å². The van der Waals surface area contributed by atoms with E-state index in [0.717, 1.165) is 32.5 Å². The highest BCUT2D eigenvalue weighted by Crippen LogP contribution is 2.23. The number of piperidine rings is 1. The van der Waals surface area contributed by atoms with E-state index in [4.69, 9.17) is 0 Å². The fraction of sp³-hybridized carbons (Fsp3) is 0.933. The molecule has 1 unspecified atom stereocenters. The molecule has 0 bridgehead atoms. The molecule has 0 aromatic rings. The molecule has 0 aromatic carbocycles. The van der Waals surface area contributed by atoms with E-state index in [2.05, 4.69) is 31.4 Å². The molecular weight excluding hydrogens is 224 g/mol. The molecule has 0 spiro atoms. The molecule has 106 valence electrons. The summed E-state index contributed by atoms with van der Waals surface area (Å²) in [5.74, 6) is 0.427. The molecule has 3 heteroatoms. The van der Waals surface area contributed by atoms with Crippen LogP contribution >= 0.6 is 0 Å². The van der Waals surface area contributed by atoms with Gasteiger partial charge in [-0.15, -0.1) is 0 Å². The molecule has 0 radical (unpaired) electrons. The number of hydrogen-bond acceptors (Lipinski definition) is 2. The summed E-state index contributed by atoms with van der Waals surface area (Å²) in [5.41, 5.74) is 0.229. The van der Waals surface area contributed by atoms with E-state index in [0.29, 0.717) is 0 Å². The van der Waals surface area contributed by atoms with Crippen molar-refractivity contribution in [3.63, 3.8) is 0 Å². The van der Waals surface area contributed by atoms with Crippen LogP contribution in [0.25, 0.3) is 0 Å². The van der Waals surface area contributed by atoms with Gasteiger partial charge in [-0.25, -0.2) is 0 Å². The van der Waals surface area contributed by atoms with Crippen LogP contribution < -0.4 is 10.6 Å². The third kappa shape index (κ3) is 5.85. The van der Waals surface area contributed by atoms with Gasteiger partial charge in [0.2, 0.25) is 5.91 Å². The van der Waals surface area contributed by atoms with Crippen LogP contribution in [-0.4, -0.2) is 25.5 Å². The van der Waals surface area contributed by atoms with E-state index in [9.17, 15) is 4.79 Å². The maximum atomic E-state index is 12.0. The van der Waals surface area contributed by atoms with Crippen molar-refractivity contribution in [3.05, 3.63) is 0 Å². The zero-order chi connectivity index (χ0) is 13.4. The van der Waals surface area contributed by atoms with Gasteiger partial charge in [0, 0.05) is 13.1 Å². The normalized spacial score (nSPS) is 20.7. The molecular formula is C15H30N2O. The van der Waals surface area contributed by atoms with Crippen molar-refractivity contribution in [3.8, 4) is 0 Å². The average Bonchev–Trinajstić information content (AvgIpc) is 2.37. The Morgan fingerprint density at radius 2 is 2.17 bits per heavy atom. The molecule has 1 aliphatic heterocycles. The van der Waals surface area contributed by atoms with Gasteiger partial charge >= 0.3 is 0 Å². The van der Waals surface area contributed by atoms with E-state index in [1.165, 1.54) is 25.7 Å². The van der Waals surface area contributed by atoms with Gasteiger partial charge < -0.3 is 10.6 Å². The lowest BCUT2D eigenvalue weighted by Crippen LogP contribution is -2.43. The highest BCUT2D eigenvalue weighted by Gasteiger charge is 2.23. The van der Waals surface area contributed by atoms with Crippen LogP contribution in [0.5, 0.6) is 0 Å². The molecule has 2 N–H and O–H groups in total. The lowest BCUT2D eigenvalue weighted by atomic mass is 9.86. The van der Waals surface area contributed by atoms with Crippen molar-refractivity contribution in [1.82, 2.24) is 10.6 Å². The molecule has 0 saturated carbocycles. The SMILES string of the molecule is CCCCCC(C)(C)CNC(=O)C1CCCNC1. The van der Waals surface area contributed by atoms with Crippen LogP contribution in [-0.2, 0) is 4.79 Å². The number of amides is 1. The van der Waals surface area contributed by atoms with Gasteiger partial charge in [0.1, 0.15) is 0 Å². The average molecular weight is 254 g/mol. The van der Waals surface area contributed by atoms with Crippen molar-refractivity contribution >= 4 is 5.91 Å². The van der Waals surface area contributed by atoms with Crippen LogP contribution in [0.15, 0.2) is 0 Å². The summed E-state index contributed by atoms with van der Waals surface area (Å²) in [6, 6.07) is 0. The van der Waals surface area contributed by atoms with Crippen LogP contribution in [0.2, 0.25) is 0 Å². The van der Waals surface area contributed by atoms with E-state index in [-0.39, 0.29) is 17.2 Å². The molecule has 3 nitrogen and oxygen atoms in total. The molecule has 1 saturated heterocycles. The first-order chi connectivity index (χ1) is 8.55. The van der Waals surface area contributed by atoms with Crippen molar-refractivity contribution in [1.29, 1.82) is 0 Å². The minimum atomic E-state index is 0.185. The molecule has 1 rings (SSSR count). The highest BCUT2D eigenvalue weighted by atomic mass is 16.1. The first-order valence-electron chi connectivity index (χ1n) is 7.53. The number of carbonyl (C=O) groups excluding carboxylic acids is 1. The number of carbonyl (C=O) groups is 1.